The van der Waals surface area contributed by atoms with E-state index in [0.717, 1.165) is 47.7 Å². The summed E-state index contributed by atoms with van der Waals surface area (Å²) in [4.78, 5) is 4.20. The minimum atomic E-state index is -1.01. The molecule has 0 fully saturated rings. The molecule has 7 nitrogen and oxygen atoms in total. The Labute approximate surface area is 209 Å². The van der Waals surface area contributed by atoms with Gasteiger partial charge in [0.15, 0.2) is 17.5 Å². The summed E-state index contributed by atoms with van der Waals surface area (Å²) >= 11 is 6.11. The molecule has 182 valence electrons. The highest BCUT2D eigenvalue weighted by molar-refractivity contribution is 6.30. The highest BCUT2D eigenvalue weighted by atomic mass is 35.5. The molecule has 35 heavy (non-hydrogen) atoms. The fourth-order valence-corrected chi connectivity index (χ4v) is 5.29. The third-order valence-electron chi connectivity index (χ3n) is 7.10. The molecule has 1 aliphatic rings. The van der Waals surface area contributed by atoms with E-state index in [1.54, 1.807) is 13.3 Å². The van der Waals surface area contributed by atoms with Crippen LogP contribution in [0.5, 0.6) is 5.75 Å². The Morgan fingerprint density at radius 3 is 2.60 bits per heavy atom. The Hall–Kier alpha value is -3.16. The first-order chi connectivity index (χ1) is 16.7. The van der Waals surface area contributed by atoms with Crippen LogP contribution in [-0.2, 0) is 18.4 Å². The van der Waals surface area contributed by atoms with Crippen LogP contribution in [0.3, 0.4) is 0 Å². The average Bonchev–Trinajstić information content (AvgIpc) is 3.46. The van der Waals surface area contributed by atoms with E-state index in [4.69, 9.17) is 20.8 Å². The molecule has 8 heteroatoms. The van der Waals surface area contributed by atoms with Gasteiger partial charge in [0.25, 0.3) is 0 Å². The maximum absolute atomic E-state index is 11.4. The van der Waals surface area contributed by atoms with Crippen molar-refractivity contribution in [3.05, 3.63) is 71.0 Å². The molecule has 0 spiro atoms. The number of benzene rings is 2. The maximum Gasteiger partial charge on any atom is 0.191 e. The number of halogens is 1. The van der Waals surface area contributed by atoms with Crippen molar-refractivity contribution in [1.82, 2.24) is 19.7 Å². The van der Waals surface area contributed by atoms with Gasteiger partial charge in [0.05, 0.1) is 29.9 Å². The van der Waals surface area contributed by atoms with Crippen molar-refractivity contribution in [1.29, 1.82) is 0 Å². The van der Waals surface area contributed by atoms with Crippen molar-refractivity contribution >= 4 is 11.6 Å². The normalized spacial score (nSPS) is 17.9. The lowest BCUT2D eigenvalue weighted by atomic mass is 9.65. The number of fused-ring (bicyclic) bond motifs is 1. The smallest absolute Gasteiger partial charge is 0.191 e. The first-order valence-electron chi connectivity index (χ1n) is 11.7. The molecule has 0 aliphatic carbocycles. The zero-order valence-corrected chi connectivity index (χ0v) is 21.1. The van der Waals surface area contributed by atoms with Crippen molar-refractivity contribution < 1.29 is 14.3 Å². The fraction of sp³-hybridized carbons (Fsp3) is 0.370. The molecular weight excluding hydrogens is 464 g/mol. The summed E-state index contributed by atoms with van der Waals surface area (Å²) in [5, 5.41) is 21.4. The summed E-state index contributed by atoms with van der Waals surface area (Å²) in [6.45, 7) is 6.32. The van der Waals surface area contributed by atoms with E-state index in [9.17, 15) is 5.11 Å². The van der Waals surface area contributed by atoms with Crippen molar-refractivity contribution in [3.63, 3.8) is 0 Å². The molecule has 2 aromatic carbocycles. The molecule has 1 unspecified atom stereocenters. The number of aromatic nitrogens is 4. The Morgan fingerprint density at radius 2 is 1.94 bits per heavy atom. The van der Waals surface area contributed by atoms with Crippen LogP contribution in [0.4, 0.5) is 0 Å². The summed E-state index contributed by atoms with van der Waals surface area (Å²) in [7, 11) is 1.64. The number of ether oxygens (including phenoxy) is 1. The number of hydrogen-bond acceptors (Lipinski definition) is 6. The van der Waals surface area contributed by atoms with E-state index < -0.39 is 11.0 Å². The van der Waals surface area contributed by atoms with Crippen LogP contribution in [0.25, 0.3) is 22.7 Å². The van der Waals surface area contributed by atoms with Gasteiger partial charge in [0, 0.05) is 24.1 Å². The standard InChI is InChI=1S/C27H29ClN4O3/c1-17-29-16-23(35-17)21-11-8-19(14-22(21)34-4)24-30-31-25-27(26(2,3)33,12-5-13-32(24)25)15-18-6-9-20(28)10-7-18/h6-11,14,16,33H,5,12-13,15H2,1-4H3. The Kier molecular flexibility index (Phi) is 5.93. The third-order valence-corrected chi connectivity index (χ3v) is 7.35. The van der Waals surface area contributed by atoms with Gasteiger partial charge in [-0.2, -0.15) is 0 Å². The zero-order chi connectivity index (χ0) is 24.8. The van der Waals surface area contributed by atoms with Crippen LogP contribution < -0.4 is 4.74 Å². The minimum absolute atomic E-state index is 0.592. The van der Waals surface area contributed by atoms with E-state index in [-0.39, 0.29) is 0 Å². The maximum atomic E-state index is 11.4. The number of aliphatic hydroxyl groups is 1. The van der Waals surface area contributed by atoms with Crippen molar-refractivity contribution in [3.8, 4) is 28.5 Å². The number of oxazole rings is 1. The summed E-state index contributed by atoms with van der Waals surface area (Å²) in [6, 6.07) is 13.7. The van der Waals surface area contributed by atoms with Gasteiger partial charge >= 0.3 is 0 Å². The second kappa shape index (κ2) is 8.81. The first-order valence-corrected chi connectivity index (χ1v) is 12.1. The van der Waals surface area contributed by atoms with Crippen molar-refractivity contribution in [2.75, 3.05) is 7.11 Å². The lowest BCUT2D eigenvalue weighted by Gasteiger charge is -2.45. The molecule has 0 amide bonds. The lowest BCUT2D eigenvalue weighted by Crippen LogP contribution is -2.52. The molecule has 1 aliphatic heterocycles. The number of rotatable bonds is 6. The molecule has 1 N–H and O–H groups in total. The molecule has 4 aromatic rings. The number of aryl methyl sites for hydroxylation is 1. The van der Waals surface area contributed by atoms with Crippen molar-refractivity contribution in [2.45, 2.75) is 57.6 Å². The lowest BCUT2D eigenvalue weighted by molar-refractivity contribution is -0.0255. The third kappa shape index (κ3) is 4.13. The van der Waals surface area contributed by atoms with Gasteiger partial charge in [-0.1, -0.05) is 29.8 Å². The molecule has 2 aromatic heterocycles. The molecule has 0 radical (unpaired) electrons. The highest BCUT2D eigenvalue weighted by Gasteiger charge is 2.50. The molecule has 0 bridgehead atoms. The largest absolute Gasteiger partial charge is 0.496 e. The van der Waals surface area contributed by atoms with E-state index in [0.29, 0.717) is 28.8 Å². The van der Waals surface area contributed by atoms with E-state index in [2.05, 4.69) is 19.7 Å². The quantitative estimate of drug-likeness (QED) is 0.376. The van der Waals surface area contributed by atoms with Gasteiger partial charge in [-0.15, -0.1) is 10.2 Å². The molecule has 5 rings (SSSR count). The van der Waals surface area contributed by atoms with Gasteiger partial charge in [-0.25, -0.2) is 4.98 Å². The zero-order valence-electron chi connectivity index (χ0n) is 20.4. The fourth-order valence-electron chi connectivity index (χ4n) is 5.17. The Bertz CT molecular complexity index is 1350. The summed E-state index contributed by atoms with van der Waals surface area (Å²) in [5.41, 5.74) is 1.21. The van der Waals surface area contributed by atoms with Crippen LogP contribution >= 0.6 is 11.6 Å². The molecule has 0 saturated heterocycles. The predicted molar refractivity (Wildman–Crippen MR) is 135 cm³/mol. The number of nitrogens with zero attached hydrogens (tertiary/aromatic N) is 4. The topological polar surface area (TPSA) is 86.2 Å². The Morgan fingerprint density at radius 1 is 1.17 bits per heavy atom. The van der Waals surface area contributed by atoms with Gasteiger partial charge in [-0.3, -0.25) is 0 Å². The second-order valence-corrected chi connectivity index (χ2v) is 10.1. The summed E-state index contributed by atoms with van der Waals surface area (Å²) in [6.07, 6.45) is 4.05. The van der Waals surface area contributed by atoms with Crippen molar-refractivity contribution in [2.24, 2.45) is 0 Å². The van der Waals surface area contributed by atoms with Crippen LogP contribution in [0.1, 0.15) is 44.0 Å². The van der Waals surface area contributed by atoms with Gasteiger partial charge < -0.3 is 18.8 Å². The summed E-state index contributed by atoms with van der Waals surface area (Å²) < 4.78 is 13.5. The van der Waals surface area contributed by atoms with Gasteiger partial charge in [-0.05, 0) is 62.9 Å². The van der Waals surface area contributed by atoms with Gasteiger partial charge in [0.2, 0.25) is 0 Å². The molecule has 1 atom stereocenters. The van der Waals surface area contributed by atoms with Gasteiger partial charge in [0.1, 0.15) is 11.6 Å². The van der Waals surface area contributed by atoms with Crippen LogP contribution in [0, 0.1) is 6.92 Å². The highest BCUT2D eigenvalue weighted by Crippen LogP contribution is 2.46. The van der Waals surface area contributed by atoms with Crippen LogP contribution in [0.15, 0.2) is 53.1 Å². The number of methoxy groups -OCH3 is 1. The first kappa shape index (κ1) is 23.6. The van der Waals surface area contributed by atoms with Crippen LogP contribution in [-0.4, -0.2) is 37.6 Å². The molecule has 3 heterocycles. The number of hydrogen-bond donors (Lipinski definition) is 1. The minimum Gasteiger partial charge on any atom is -0.496 e. The van der Waals surface area contributed by atoms with E-state index >= 15 is 0 Å². The average molecular weight is 493 g/mol. The molecular formula is C27H29ClN4O3. The SMILES string of the molecule is COc1cc(-c2nnc3n2CCCC3(Cc2ccc(Cl)cc2)C(C)(C)O)ccc1-c1cnc(C)o1. The van der Waals surface area contributed by atoms with E-state index in [1.807, 2.05) is 63.2 Å². The summed E-state index contributed by atoms with van der Waals surface area (Å²) in [5.74, 6) is 3.47. The van der Waals surface area contributed by atoms with E-state index in [1.165, 1.54) is 0 Å². The predicted octanol–water partition coefficient (Wildman–Crippen LogP) is 5.62. The second-order valence-electron chi connectivity index (χ2n) is 9.71. The monoisotopic (exact) mass is 492 g/mol. The molecule has 0 saturated carbocycles. The Balaban J connectivity index is 1.58. The van der Waals surface area contributed by atoms with Crippen LogP contribution in [0.2, 0.25) is 5.02 Å².